The number of aliphatic carboxylic acids is 1. The van der Waals surface area contributed by atoms with Crippen molar-refractivity contribution in [1.29, 1.82) is 0 Å². The summed E-state index contributed by atoms with van der Waals surface area (Å²) in [7, 11) is 0. The molecular weight excluding hydrogens is 798 g/mol. The van der Waals surface area contributed by atoms with Crippen LogP contribution in [0.3, 0.4) is 0 Å². The maximum Gasteiger partial charge on any atom is 0.308 e. The van der Waals surface area contributed by atoms with Crippen molar-refractivity contribution in [2.24, 2.45) is 11.7 Å². The lowest BCUT2D eigenvalue weighted by molar-refractivity contribution is -0.240. The zero-order valence-electron chi connectivity index (χ0n) is 35.2. The van der Waals surface area contributed by atoms with Gasteiger partial charge in [-0.05, 0) is 58.8 Å². The van der Waals surface area contributed by atoms with E-state index in [4.69, 9.17) is 19.9 Å². The van der Waals surface area contributed by atoms with Gasteiger partial charge >= 0.3 is 11.9 Å². The molecule has 3 unspecified atom stereocenters. The number of aliphatic hydroxyl groups excluding tert-OH is 8. The fraction of sp³-hybridized carbons (Fsp3) is 0.636. The average Bonchev–Trinajstić information content (AvgIpc) is 3.16. The highest BCUT2D eigenvalue weighted by atomic mass is 16.7. The number of rotatable bonds is 7. The molecule has 13 N–H and O–H groups in total. The predicted octanol–water partition coefficient (Wildman–Crippen LogP) is 1.44. The third-order valence-electron chi connectivity index (χ3n) is 9.45. The van der Waals surface area contributed by atoms with E-state index in [1.165, 1.54) is 0 Å². The number of carbonyl (C=O) groups excluding carboxylic acids is 1. The molecule has 0 radical (unpaired) electrons. The van der Waals surface area contributed by atoms with Gasteiger partial charge in [0, 0.05) is 25.7 Å². The number of ether oxygens (including phenoxy) is 3. The van der Waals surface area contributed by atoms with Crippen LogP contribution in [0.5, 0.6) is 0 Å². The molecule has 1 aliphatic heterocycles. The maximum atomic E-state index is 12.2. The van der Waals surface area contributed by atoms with Gasteiger partial charge in [-0.3, -0.25) is 9.59 Å². The van der Waals surface area contributed by atoms with Crippen LogP contribution in [0.25, 0.3) is 0 Å². The van der Waals surface area contributed by atoms with Gasteiger partial charge in [0.2, 0.25) is 0 Å². The first kappa shape index (κ1) is 55.6. The summed E-state index contributed by atoms with van der Waals surface area (Å²) >= 11 is 0. The van der Waals surface area contributed by atoms with E-state index in [0.717, 1.165) is 0 Å². The zero-order chi connectivity index (χ0) is 45.8. The number of carboxylic acid groups (broad SMARTS) is 1. The van der Waals surface area contributed by atoms with Gasteiger partial charge in [-0.25, -0.2) is 0 Å². The molecule has 1 rings (SSSR count). The molecule has 61 heavy (non-hydrogen) atoms. The van der Waals surface area contributed by atoms with Gasteiger partial charge in [0.25, 0.3) is 0 Å². The number of hydrogen-bond donors (Lipinski definition) is 12. The molecule has 17 nitrogen and oxygen atoms in total. The summed E-state index contributed by atoms with van der Waals surface area (Å²) in [6.07, 6.45) is 8.60. The average molecular weight is 870 g/mol. The van der Waals surface area contributed by atoms with Crippen molar-refractivity contribution in [3.05, 3.63) is 85.1 Å². The van der Waals surface area contributed by atoms with E-state index in [1.54, 1.807) is 80.7 Å². The summed E-state index contributed by atoms with van der Waals surface area (Å²) in [6.45, 7) is 3.29. The maximum absolute atomic E-state index is 12.2. The molecule has 0 aliphatic carbocycles. The second-order valence-electron chi connectivity index (χ2n) is 15.5. The van der Waals surface area contributed by atoms with Gasteiger partial charge in [0.1, 0.15) is 12.3 Å². The Kier molecular flexibility index (Phi) is 28.7. The van der Waals surface area contributed by atoms with Crippen LogP contribution in [0, 0.1) is 5.92 Å². The van der Waals surface area contributed by atoms with E-state index in [2.05, 4.69) is 0 Å². The molecule has 0 bridgehead atoms. The minimum atomic E-state index is -2.55. The van der Waals surface area contributed by atoms with Gasteiger partial charge in [0.05, 0.1) is 67.8 Å². The Morgan fingerprint density at radius 3 is 1.90 bits per heavy atom. The zero-order valence-corrected chi connectivity index (χ0v) is 35.2. The first-order chi connectivity index (χ1) is 28.8. The van der Waals surface area contributed by atoms with Crippen LogP contribution in [0.4, 0.5) is 0 Å². The van der Waals surface area contributed by atoms with E-state index in [0.29, 0.717) is 6.42 Å². The number of cyclic esters (lactones) is 1. The quantitative estimate of drug-likeness (QED) is 0.127. The lowest BCUT2D eigenvalue weighted by Gasteiger charge is -2.30. The van der Waals surface area contributed by atoms with Gasteiger partial charge in [-0.15, -0.1) is 0 Å². The Balaban J connectivity index is 3.17. The largest absolute Gasteiger partial charge is 0.481 e. The molecule has 0 saturated heterocycles. The lowest BCUT2D eigenvalue weighted by Crippen LogP contribution is -2.47. The fourth-order valence-electron chi connectivity index (χ4n) is 6.06. The Hall–Kier alpha value is -3.40. The van der Waals surface area contributed by atoms with E-state index < -0.39 is 117 Å². The molecule has 0 saturated carbocycles. The Labute approximate surface area is 358 Å². The van der Waals surface area contributed by atoms with E-state index in [-0.39, 0.29) is 51.6 Å². The summed E-state index contributed by atoms with van der Waals surface area (Å²) in [5.41, 5.74) is 5.49. The monoisotopic (exact) mass is 869 g/mol. The normalized spacial score (nSPS) is 33.6. The van der Waals surface area contributed by atoms with Gasteiger partial charge in [-0.2, -0.15) is 0 Å². The first-order valence-corrected chi connectivity index (χ1v) is 20.8. The third-order valence-corrected chi connectivity index (χ3v) is 9.45. The summed E-state index contributed by atoms with van der Waals surface area (Å²) in [6, 6.07) is 0. The van der Waals surface area contributed by atoms with Crippen molar-refractivity contribution in [3.8, 4) is 0 Å². The van der Waals surface area contributed by atoms with Crippen LogP contribution in [0.1, 0.15) is 90.9 Å². The molecular formula is C44H71NO16. The van der Waals surface area contributed by atoms with E-state index >= 15 is 0 Å². The number of carboxylic acids is 1. The molecule has 0 aromatic rings. The minimum absolute atomic E-state index is 0.0347. The Morgan fingerprint density at radius 1 is 0.738 bits per heavy atom. The first-order valence-electron chi connectivity index (χ1n) is 20.8. The van der Waals surface area contributed by atoms with E-state index in [9.17, 15) is 65.8 Å². The molecule has 1 aliphatic rings. The fourth-order valence-corrected chi connectivity index (χ4v) is 6.06. The molecule has 0 fully saturated rings. The van der Waals surface area contributed by atoms with Crippen molar-refractivity contribution in [3.63, 3.8) is 0 Å². The molecule has 1 heterocycles. The van der Waals surface area contributed by atoms with Gasteiger partial charge in [0.15, 0.2) is 12.1 Å². The number of esters is 1. The number of aliphatic hydroxyl groups is 10. The summed E-state index contributed by atoms with van der Waals surface area (Å²) in [5, 5.41) is 114. The highest BCUT2D eigenvalue weighted by Crippen LogP contribution is 2.26. The Morgan fingerprint density at radius 2 is 1.33 bits per heavy atom. The van der Waals surface area contributed by atoms with Crippen molar-refractivity contribution < 1.29 is 80.0 Å². The lowest BCUT2D eigenvalue weighted by atomic mass is 9.90. The van der Waals surface area contributed by atoms with Gasteiger partial charge < -0.3 is 76.1 Å². The number of nitrogens with two attached hydrogens (primary N) is 1. The number of allylic oxidation sites excluding steroid dienone is 12. The van der Waals surface area contributed by atoms with Crippen LogP contribution in [-0.2, 0) is 23.8 Å². The van der Waals surface area contributed by atoms with Gasteiger partial charge in [-0.1, -0.05) is 85.1 Å². The number of hydrogen-bond acceptors (Lipinski definition) is 16. The van der Waals surface area contributed by atoms with Crippen molar-refractivity contribution in [2.75, 3.05) is 6.61 Å². The smallest absolute Gasteiger partial charge is 0.308 e. The van der Waals surface area contributed by atoms with Crippen LogP contribution in [0.2, 0.25) is 0 Å². The molecule has 0 aromatic heterocycles. The van der Waals surface area contributed by atoms with Crippen LogP contribution in [0.15, 0.2) is 85.1 Å². The predicted molar refractivity (Wildman–Crippen MR) is 226 cm³/mol. The second-order valence-corrected chi connectivity index (χ2v) is 15.5. The minimum Gasteiger partial charge on any atom is -0.481 e. The summed E-state index contributed by atoms with van der Waals surface area (Å²) in [4.78, 5) is 24.4. The molecule has 0 amide bonds. The standard InChI is InChI=1S/C44H71NO16/c1-30(2)60-43(40(53)41(45)54)61-36-17-15-13-11-9-7-5-3-4-6-8-10-12-14-16-32(46)23-25-59-39(52)28-34(48)26-33(47)19-21-37(50)38(51)27-35(49)29-44(57,58)24-22-31(18-20-36)42(55)56/h3-15,17,30-38,40-41,43,46-51,53-54,57-58H,16,18-29,45H2,1-2H3,(H,55,56)/b5-3+,6-4+,9-7+,10-8+,13-11+,14-12+,17-15+/t31-,32+,33+,34+,35-,36-,37+,38+,40?,41?,43?/m0/s1. The van der Waals surface area contributed by atoms with Crippen LogP contribution in [-0.4, -0.2) is 148 Å². The highest BCUT2D eigenvalue weighted by molar-refractivity contribution is 5.70. The molecule has 0 aromatic carbocycles. The van der Waals surface area contributed by atoms with Crippen LogP contribution < -0.4 is 5.73 Å². The second kappa shape index (κ2) is 31.4. The Bertz CT molecular complexity index is 1420. The third kappa shape index (κ3) is 28.0. The summed E-state index contributed by atoms with van der Waals surface area (Å²) in [5.74, 6) is -5.62. The SMILES string of the molecule is CC(C)OC(O[C@H]1/C=C/C=C/C=C/C=C/C=C/C=C/C=C/C[C@@H](O)CCOC(=O)C[C@H](O)C[C@H](O)CC[C@@H](O)[C@H](O)C[C@H](O)CC(O)(O)CC[C@@H](C(=O)O)CC1)C(O)C(N)O. The number of carbonyl (C=O) groups is 2. The molecule has 348 valence electrons. The highest BCUT2D eigenvalue weighted by Gasteiger charge is 2.33. The van der Waals surface area contributed by atoms with E-state index in [1.807, 2.05) is 18.2 Å². The topological polar surface area (TPSA) is 310 Å². The molecule has 17 heteroatoms. The molecule has 0 spiro atoms. The summed E-state index contributed by atoms with van der Waals surface area (Å²) < 4.78 is 16.7. The van der Waals surface area contributed by atoms with Crippen LogP contribution >= 0.6 is 0 Å². The molecule has 11 atom stereocenters. The van der Waals surface area contributed by atoms with Crippen molar-refractivity contribution >= 4 is 11.9 Å². The van der Waals surface area contributed by atoms with Crippen molar-refractivity contribution in [2.45, 2.75) is 164 Å². The van der Waals surface area contributed by atoms with Crippen molar-refractivity contribution in [1.82, 2.24) is 0 Å².